The van der Waals surface area contributed by atoms with Gasteiger partial charge in [-0.3, -0.25) is 24.2 Å². The number of aliphatic imine (C=N–C) groups is 2. The quantitative estimate of drug-likeness (QED) is 0.0450. The number of thiocarbonyl (C=S) groups is 1. The van der Waals surface area contributed by atoms with Crippen molar-refractivity contribution in [3.05, 3.63) is 270 Å². The number of benzene rings is 7. The molecule has 1 saturated heterocycles. The number of thioether (sulfide) groups is 1. The number of carbonyl (C=O) groups is 3. The van der Waals surface area contributed by atoms with Crippen LogP contribution in [-0.2, 0) is 89.2 Å². The van der Waals surface area contributed by atoms with E-state index < -0.39 is 16.6 Å². The van der Waals surface area contributed by atoms with Gasteiger partial charge in [-0.05, 0) is 270 Å². The van der Waals surface area contributed by atoms with Crippen LogP contribution in [0.5, 0.6) is 0 Å². The molecule has 6 N–H and O–H groups in total. The first-order valence-corrected chi connectivity index (χ1v) is 51.4. The molecule has 9 aliphatic carbocycles. The number of ether oxygens (including phenoxy) is 3. The Labute approximate surface area is 803 Å². The number of aromatic nitrogens is 4. The molecular weight excluding hydrogens is 1780 g/mol. The molecular formula is C107H107ClN12O6S6. The summed E-state index contributed by atoms with van der Waals surface area (Å²) < 4.78 is 17.2. The number of fused-ring (bicyclic) bond motifs is 9. The van der Waals surface area contributed by atoms with Gasteiger partial charge < -0.3 is 36.3 Å². The second-order valence-electron chi connectivity index (χ2n) is 36.7. The first-order chi connectivity index (χ1) is 64.5. The van der Waals surface area contributed by atoms with E-state index in [1.54, 1.807) is 76.2 Å². The van der Waals surface area contributed by atoms with Crippen LogP contribution in [0.25, 0.3) is 42.3 Å². The lowest BCUT2D eigenvalue weighted by atomic mass is 9.61. The van der Waals surface area contributed by atoms with Gasteiger partial charge in [-0.2, -0.15) is 0 Å². The zero-order chi connectivity index (χ0) is 90.8. The van der Waals surface area contributed by atoms with Gasteiger partial charge in [0.15, 0.2) is 32.9 Å². The van der Waals surface area contributed by atoms with Gasteiger partial charge in [-0.15, -0.1) is 56.9 Å². The van der Waals surface area contributed by atoms with Crippen LogP contribution in [0.3, 0.4) is 0 Å². The second-order valence-corrected chi connectivity index (χ2v) is 41.9. The van der Waals surface area contributed by atoms with Crippen molar-refractivity contribution < 1.29 is 28.6 Å². The molecule has 7 heterocycles. The SMILES string of the molecule is CN.COC1CCC2(CC1)Cc1ccc(C#CC3CC3)cc1C21N=C(N)N(Cc2cccc(-c3nccs3)c2)C1=O.COC1CCC2(CC1)Cc1ccc(C#CC3CC3)cc1C21N=C(SCc2cccc(-c3nccs3)c2)N(Cc2cccc(-c3nccs3)c2)C1=O.COC1CCC2(CC1)Cc1ccc(C#CC3CC3)cc1C21NC(=S)NC1=O.ClCc1cccc(-c2nccs2)c1. The van der Waals surface area contributed by atoms with Gasteiger partial charge in [0.1, 0.15) is 20.0 Å². The zero-order valence-electron chi connectivity index (χ0n) is 74.7. The number of rotatable bonds is 14. The number of amides is 3. The molecule has 3 atom stereocenters. The van der Waals surface area contributed by atoms with Crippen molar-refractivity contribution in [2.24, 2.45) is 55.5 Å². The van der Waals surface area contributed by atoms with Crippen molar-refractivity contribution in [3.63, 3.8) is 0 Å². The van der Waals surface area contributed by atoms with Gasteiger partial charge in [0.05, 0.1) is 31.4 Å². The first-order valence-electron chi connectivity index (χ1n) is 46.0. The van der Waals surface area contributed by atoms with E-state index >= 15 is 4.79 Å². The number of alkyl halides is 1. The number of methoxy groups -OCH3 is 3. The highest BCUT2D eigenvalue weighted by molar-refractivity contribution is 8.13. The van der Waals surface area contributed by atoms with Gasteiger partial charge in [0.25, 0.3) is 17.7 Å². The average molecular weight is 1880 g/mol. The lowest BCUT2D eigenvalue weighted by Gasteiger charge is -2.46. The predicted octanol–water partition coefficient (Wildman–Crippen LogP) is 20.5. The third-order valence-electron chi connectivity index (χ3n) is 28.8. The molecule has 11 aromatic rings. The lowest BCUT2D eigenvalue weighted by molar-refractivity contribution is -0.139. The number of nitrogens with one attached hydrogen (secondary N) is 2. The van der Waals surface area contributed by atoms with E-state index in [0.717, 1.165) is 194 Å². The van der Waals surface area contributed by atoms with Gasteiger partial charge in [0.2, 0.25) is 0 Å². The maximum Gasteiger partial charge on any atom is 0.262 e. The van der Waals surface area contributed by atoms with Crippen molar-refractivity contribution in [2.45, 2.75) is 194 Å². The summed E-state index contributed by atoms with van der Waals surface area (Å²) in [6.07, 6.45) is 28.8. The lowest BCUT2D eigenvalue weighted by Crippen LogP contribution is -2.56. The number of nitrogens with zero attached hydrogens (tertiary/aromatic N) is 8. The molecule has 674 valence electrons. The first kappa shape index (κ1) is 90.8. The number of hydrogen-bond acceptors (Lipinski definition) is 20. The van der Waals surface area contributed by atoms with Crippen molar-refractivity contribution in [1.82, 2.24) is 40.4 Å². The second kappa shape index (κ2) is 38.9. The van der Waals surface area contributed by atoms with E-state index in [1.807, 2.05) is 88.6 Å². The molecule has 3 unspecified atom stereocenters. The van der Waals surface area contributed by atoms with Crippen molar-refractivity contribution in [3.8, 4) is 77.8 Å². The Kier molecular flexibility index (Phi) is 26.8. The number of thiazole rings is 4. The molecule has 3 aliphatic heterocycles. The topological polar surface area (TPSA) is 238 Å². The summed E-state index contributed by atoms with van der Waals surface area (Å²) in [5.41, 5.74) is 26.0. The fourth-order valence-electron chi connectivity index (χ4n) is 21.5. The fraction of sp³-hybridized carbons (Fsp3) is 0.383. The summed E-state index contributed by atoms with van der Waals surface area (Å²) in [7, 11) is 6.87. The Balaban J connectivity index is 0.000000122. The van der Waals surface area contributed by atoms with Gasteiger partial charge >= 0.3 is 0 Å². The number of guanidine groups is 1. The fourth-order valence-corrected chi connectivity index (χ4v) is 25.5. The summed E-state index contributed by atoms with van der Waals surface area (Å²) in [4.78, 5) is 75.8. The van der Waals surface area contributed by atoms with Crippen LogP contribution < -0.4 is 22.1 Å². The molecule has 3 amide bonds. The maximum absolute atomic E-state index is 15.6. The molecule has 4 aromatic heterocycles. The van der Waals surface area contributed by atoms with Crippen LogP contribution in [0.2, 0.25) is 0 Å². The third-order valence-corrected chi connectivity index (χ3v) is 33.6. The van der Waals surface area contributed by atoms with E-state index in [1.165, 1.54) is 67.8 Å². The molecule has 0 bridgehead atoms. The van der Waals surface area contributed by atoms with Crippen LogP contribution in [0.1, 0.15) is 188 Å². The van der Waals surface area contributed by atoms with E-state index in [-0.39, 0.29) is 52.3 Å². The Morgan fingerprint density at radius 1 is 0.462 bits per heavy atom. The molecule has 25 heteroatoms. The molecule has 18 nitrogen and oxygen atoms in total. The smallest absolute Gasteiger partial charge is 0.262 e. The highest BCUT2D eigenvalue weighted by Crippen LogP contribution is 2.65. The van der Waals surface area contributed by atoms with E-state index in [4.69, 9.17) is 53.7 Å². The van der Waals surface area contributed by atoms with Gasteiger partial charge in [0, 0.05) is 152 Å². The summed E-state index contributed by atoms with van der Waals surface area (Å²) in [5, 5.41) is 19.5. The number of hydrogen-bond donors (Lipinski definition) is 4. The van der Waals surface area contributed by atoms with Gasteiger partial charge in [-0.1, -0.05) is 138 Å². The summed E-state index contributed by atoms with van der Waals surface area (Å²) in [6, 6.07) is 52.8. The molecule has 23 rings (SSSR count). The van der Waals surface area contributed by atoms with Crippen molar-refractivity contribution in [1.29, 1.82) is 0 Å². The standard InChI is InChI=1S/C42H38N4O2S3.C32H32N4O2S.C22H24N2O2S.C10H8ClNS.CH5N/c1-48-35-14-16-41(17-15-35)25-34-13-12-29(11-10-28-8-9-28)24-36(34)42(41)39(47)46(26-30-4-2-6-32(22-30)37-43-18-20-49-37)40(45-42)51-27-31-5-3-7-33(23-31)38-44-19-21-50-38;1-38-26-11-13-31(14-12-26)19-25-10-9-22(8-7-21-5-6-21)18-27(25)32(31)29(37)36(30(33)35-32)20-23-3-2-4-24(17-23)28-34-15-16-39-28;1-26-17-8-10-21(11-9-17)13-16-7-6-15(5-4-14-2-3-14)12-18(16)22(21)19(25)23-20(27)24-22;11-7-8-2-1-3-9(6-8)10-12-4-5-13-10;1-2/h2-7,12-13,18-24,28,35H,8-9,14-17,25-27H2,1H3;2-4,9-10,15-18,21,26H,5-6,11-14,19-20H2,1H3,(H2,33,35);6-7,12,14,17H,2-3,8-11,13H2,1H3,(H2,23,24,25,27);1-6H,7H2;2H2,1H3. The summed E-state index contributed by atoms with van der Waals surface area (Å²) >= 11 is 19.3. The molecule has 12 aliphatic rings. The molecule has 7 fully saturated rings. The molecule has 6 saturated carbocycles. The monoisotopic (exact) mass is 1880 g/mol. The normalized spacial score (nSPS) is 25.4. The van der Waals surface area contributed by atoms with Crippen LogP contribution in [0.15, 0.2) is 208 Å². The van der Waals surface area contributed by atoms with E-state index in [9.17, 15) is 9.59 Å². The number of nitrogens with two attached hydrogens (primary N) is 2. The maximum atomic E-state index is 15.6. The Morgan fingerprint density at radius 2 is 0.826 bits per heavy atom. The number of amidine groups is 1. The van der Waals surface area contributed by atoms with Crippen molar-refractivity contribution in [2.75, 3.05) is 28.4 Å². The third kappa shape index (κ3) is 17.9. The number of halogens is 1. The Hall–Kier alpha value is -10.3. The molecule has 7 aromatic carbocycles. The zero-order valence-corrected chi connectivity index (χ0v) is 80.4. The number of carbonyl (C=O) groups excluding carboxylic acids is 3. The predicted molar refractivity (Wildman–Crippen MR) is 535 cm³/mol. The Morgan fingerprint density at radius 3 is 1.22 bits per heavy atom. The minimum atomic E-state index is -1.02. The van der Waals surface area contributed by atoms with Crippen molar-refractivity contribution >= 4 is 115 Å². The van der Waals surface area contributed by atoms with Gasteiger partial charge in [-0.25, -0.2) is 29.9 Å². The molecule has 6 spiro atoms. The highest BCUT2D eigenvalue weighted by atomic mass is 35.5. The van der Waals surface area contributed by atoms with E-state index in [0.29, 0.717) is 53.5 Å². The Bertz CT molecular complexity index is 6390. The average Bonchev–Trinajstić information content (AvgIpc) is 1.53. The van der Waals surface area contributed by atoms with Crippen LogP contribution in [0, 0.1) is 69.5 Å². The minimum absolute atomic E-state index is 0.00517. The molecule has 132 heavy (non-hydrogen) atoms. The summed E-state index contributed by atoms with van der Waals surface area (Å²) in [5.74, 6) is 23.5. The summed E-state index contributed by atoms with van der Waals surface area (Å²) in [6.45, 7) is 0.820. The van der Waals surface area contributed by atoms with Crippen LogP contribution in [0.4, 0.5) is 0 Å². The highest BCUT2D eigenvalue weighted by Gasteiger charge is 2.70. The minimum Gasteiger partial charge on any atom is -0.381 e. The molecule has 0 radical (unpaired) electrons. The van der Waals surface area contributed by atoms with Crippen LogP contribution >= 0.6 is 80.9 Å². The van der Waals surface area contributed by atoms with Crippen LogP contribution in [-0.4, -0.2) is 110 Å². The van der Waals surface area contributed by atoms with E-state index in [2.05, 4.69) is 193 Å². The largest absolute Gasteiger partial charge is 0.381 e.